The van der Waals surface area contributed by atoms with Gasteiger partial charge in [-0.05, 0) is 252 Å². The molecule has 0 radical (unpaired) electrons. The number of benzene rings is 10. The molecule has 0 fully saturated rings. The molecule has 0 saturated carbocycles. The number of halogens is 1. The fourth-order valence-corrected chi connectivity index (χ4v) is 13.4. The van der Waals surface area contributed by atoms with Crippen molar-refractivity contribution in [1.82, 2.24) is 24.9 Å². The lowest BCUT2D eigenvalue weighted by Crippen LogP contribution is -2.04. The van der Waals surface area contributed by atoms with Crippen molar-refractivity contribution in [2.24, 2.45) is 0 Å². The summed E-state index contributed by atoms with van der Waals surface area (Å²) in [6, 6.07) is 69.3. The number of aliphatic hydroxyl groups is 2. The van der Waals surface area contributed by atoms with E-state index in [1.54, 1.807) is 262 Å². The number of nitrogens with one attached hydrogen (secondary N) is 5. The predicted octanol–water partition coefficient (Wildman–Crippen LogP) is 21.0. The largest absolute Gasteiger partial charge is 0.508 e. The van der Waals surface area contributed by atoms with E-state index in [0.29, 0.717) is 165 Å². The van der Waals surface area contributed by atoms with Gasteiger partial charge in [0.25, 0.3) is 0 Å². The summed E-state index contributed by atoms with van der Waals surface area (Å²) in [6.45, 7) is -0.165. The van der Waals surface area contributed by atoms with Crippen LogP contribution in [0.1, 0.15) is 90.7 Å². The third kappa shape index (κ3) is 29.9. The van der Waals surface area contributed by atoms with Crippen molar-refractivity contribution < 1.29 is 112 Å². The number of carbonyl (C=O) groups is 5. The van der Waals surface area contributed by atoms with Gasteiger partial charge in [-0.2, -0.15) is 0 Å². The van der Waals surface area contributed by atoms with Gasteiger partial charge in [-0.15, -0.1) is 0 Å². The highest BCUT2D eigenvalue weighted by Gasteiger charge is 2.21. The summed E-state index contributed by atoms with van der Waals surface area (Å²) in [5.74, 6) is 4.30. The molecule has 0 aliphatic heterocycles. The number of allylic oxidation sites excluding steroid dienone is 5. The van der Waals surface area contributed by atoms with E-state index < -0.39 is 0 Å². The molecule has 32 nitrogen and oxygen atoms in total. The van der Waals surface area contributed by atoms with Crippen molar-refractivity contribution in [2.75, 3.05) is 90.6 Å². The van der Waals surface area contributed by atoms with E-state index in [9.17, 15) is 64.1 Å². The summed E-state index contributed by atoms with van der Waals surface area (Å²) in [5, 5.41) is 92.6. The summed E-state index contributed by atoms with van der Waals surface area (Å²) < 4.78 is 59.5. The van der Waals surface area contributed by atoms with Crippen molar-refractivity contribution in [1.29, 1.82) is 0 Å². The zero-order valence-electron chi connectivity index (χ0n) is 79.2. The van der Waals surface area contributed by atoms with Gasteiger partial charge in [0, 0.05) is 83.2 Å². The van der Waals surface area contributed by atoms with Crippen LogP contribution in [-0.2, 0) is 13.2 Å². The highest BCUT2D eigenvalue weighted by Crippen LogP contribution is 2.42. The predicted molar refractivity (Wildman–Crippen MR) is 550 cm³/mol. The molecule has 0 aliphatic carbocycles. The molecule has 0 unspecified atom stereocenters. The second kappa shape index (κ2) is 53.0. The first-order valence-corrected chi connectivity index (χ1v) is 43.7. The number of methoxy groups -OCH3 is 9. The Morgan fingerprint density at radius 2 is 0.521 bits per heavy atom. The molecule has 0 saturated heterocycles. The van der Waals surface area contributed by atoms with Crippen molar-refractivity contribution in [3.63, 3.8) is 0 Å². The number of carbonyl (C=O) groups excluding carboxylic acids is 5. The molecule has 0 atom stereocenters. The van der Waals surface area contributed by atoms with Gasteiger partial charge in [-0.1, -0.05) is 78.9 Å². The second-order valence-electron chi connectivity index (χ2n) is 30.3. The van der Waals surface area contributed by atoms with Gasteiger partial charge in [0.05, 0.1) is 105 Å². The van der Waals surface area contributed by atoms with E-state index in [0.717, 1.165) is 11.3 Å². The van der Waals surface area contributed by atoms with Crippen molar-refractivity contribution >= 4 is 117 Å². The summed E-state index contributed by atoms with van der Waals surface area (Å²) in [5.41, 5.74) is 10.1. The van der Waals surface area contributed by atoms with E-state index in [1.807, 2.05) is 12.1 Å². The van der Waals surface area contributed by atoms with Crippen LogP contribution in [0, 0.1) is 5.82 Å². The summed E-state index contributed by atoms with van der Waals surface area (Å²) >= 11 is 0. The minimum atomic E-state index is -0.344. The summed E-state index contributed by atoms with van der Waals surface area (Å²) in [6.07, 6.45) is 23.0. The van der Waals surface area contributed by atoms with E-state index in [2.05, 4.69) is 51.5 Å². The lowest BCUT2D eigenvalue weighted by molar-refractivity contribution is 0.104. The second-order valence-corrected chi connectivity index (χ2v) is 30.3. The Morgan fingerprint density at radius 3 is 0.778 bits per heavy atom. The van der Waals surface area contributed by atoms with Crippen LogP contribution in [0.25, 0.3) is 30.4 Å². The quantitative estimate of drug-likeness (QED) is 0.00985. The van der Waals surface area contributed by atoms with Gasteiger partial charge in [-0.3, -0.25) is 24.0 Å². The molecule has 15 rings (SSSR count). The molecular weight excluding hydrogens is 1840 g/mol. The summed E-state index contributed by atoms with van der Waals surface area (Å²) in [4.78, 5) is 84.7. The van der Waals surface area contributed by atoms with Crippen LogP contribution in [0.3, 0.4) is 0 Å². The Labute approximate surface area is 827 Å². The average Bonchev–Trinajstić information content (AvgIpc) is 0.814. The number of rotatable bonds is 36. The number of anilines is 10. The number of hydrogen-bond acceptors (Lipinski definition) is 32. The Morgan fingerprint density at radius 1 is 0.271 bits per heavy atom. The molecule has 734 valence electrons. The lowest BCUT2D eigenvalue weighted by Gasteiger charge is -2.15. The molecule has 0 amide bonds. The fraction of sp³-hybridized carbons (Fsp3) is 0.0991. The maximum Gasteiger partial charge on any atom is 0.203 e. The number of pyridine rings is 5. The van der Waals surface area contributed by atoms with Crippen LogP contribution in [0.2, 0.25) is 0 Å². The molecule has 5 aromatic heterocycles. The zero-order chi connectivity index (χ0) is 103. The fourth-order valence-electron chi connectivity index (χ4n) is 13.4. The number of ketones is 5. The standard InChI is InChI=1S/C24H24N2O6.C23H22N2O5.C22H20N2O4.C21H17FN2O3.C21H18N2O4/c1-29-20-10-8-15(12-19(20)28)7-9-18(27)17-6-5-11-25-24(17)26-16-13-21(30-2)23(32-4)22(14-16)31-3;1-29-21-10-6-15(12-20(21)28)5-9-19(27)18-4-3-11-24-23(18)25-17-8-7-16(14-26)22(13-17)30-2;1-28-21-11-7-15(13-20(21)27)6-10-19(26)18-3-2-12-23-22(18)24-17-8-4-16(14-25)5-9-17;1-27-20-11-5-14(13-19(20)26)4-10-18(25)17-3-2-12-23-21(17)24-16-8-6-15(22)7-9-16;1-27-20-11-5-14(13-19(20)26)4-10-18(25)17-3-2-12-22-21(17)23-15-6-8-16(24)9-7-15/h5-14,28H,1-4H3,(H,25,26);3-13,26,28H,14H2,1-2H3,(H,24,25);2-13,25,27H,14H2,1H3,(H,23,24);2-13,26H,1H3,(H,23,24);2-13,24,26H,1H3,(H,22,23)/b9-7+;9-5+;10-6+;2*10-4+. The number of phenols is 6. The molecule has 13 N–H and O–H groups in total. The normalized spacial score (nSPS) is 10.7. The smallest absolute Gasteiger partial charge is 0.203 e. The molecule has 0 bridgehead atoms. The van der Waals surface area contributed by atoms with Crippen LogP contribution < -0.4 is 69.2 Å². The topological polar surface area (TPSA) is 455 Å². The third-order valence-electron chi connectivity index (χ3n) is 20.8. The number of ether oxygens (including phenoxy) is 9. The van der Waals surface area contributed by atoms with Gasteiger partial charge < -0.3 is 110 Å². The maximum absolute atomic E-state index is 13.0. The third-order valence-corrected chi connectivity index (χ3v) is 20.8. The van der Waals surface area contributed by atoms with Crippen molar-refractivity contribution in [3.8, 4) is 86.2 Å². The van der Waals surface area contributed by atoms with E-state index in [4.69, 9.17) is 47.7 Å². The van der Waals surface area contributed by atoms with Crippen LogP contribution in [0.15, 0.2) is 316 Å². The van der Waals surface area contributed by atoms with Crippen LogP contribution >= 0.6 is 0 Å². The number of hydrogen-bond donors (Lipinski definition) is 13. The zero-order valence-corrected chi connectivity index (χ0v) is 79.2. The molecule has 15 aromatic rings. The maximum atomic E-state index is 13.0. The first-order valence-electron chi connectivity index (χ1n) is 43.7. The number of phenolic OH excluding ortho intramolecular Hbond substituents is 6. The Hall–Kier alpha value is -19.2. The van der Waals surface area contributed by atoms with Gasteiger partial charge in [0.2, 0.25) is 5.75 Å². The Bertz CT molecular complexity index is 6960. The SMILES string of the molecule is COc1ccc(/C=C/C(=O)c2cccnc2Nc2cc(OC)c(OC)c(OC)c2)cc1O.COc1ccc(/C=C/C(=O)c2cccnc2Nc2ccc(CO)c(OC)c2)cc1O.COc1ccc(/C=C/C(=O)c2cccnc2Nc2ccc(CO)cc2)cc1O.COc1ccc(/C=C/C(=O)c2cccnc2Nc2ccc(F)cc2)cc1O.COc1ccc(/C=C/C(=O)c2cccnc2Nc2ccc(O)cc2)cc1O. The number of aromatic nitrogens is 5. The molecule has 0 aliphatic rings. The van der Waals surface area contributed by atoms with Gasteiger partial charge in [0.1, 0.15) is 46.4 Å². The van der Waals surface area contributed by atoms with Crippen molar-refractivity contribution in [2.45, 2.75) is 13.2 Å². The van der Waals surface area contributed by atoms with Gasteiger partial charge >= 0.3 is 0 Å². The lowest BCUT2D eigenvalue weighted by atomic mass is 10.1. The van der Waals surface area contributed by atoms with E-state index in [-0.39, 0.29) is 82.4 Å². The van der Waals surface area contributed by atoms with Gasteiger partial charge in [-0.25, -0.2) is 29.3 Å². The highest BCUT2D eigenvalue weighted by molar-refractivity contribution is 6.13. The average molecular weight is 1950 g/mol. The minimum Gasteiger partial charge on any atom is -0.508 e. The first-order chi connectivity index (χ1) is 69.8. The number of nitrogens with zero attached hydrogens (tertiary/aromatic N) is 5. The Balaban J connectivity index is 0.000000172. The molecule has 0 spiro atoms. The molecule has 5 heterocycles. The summed E-state index contributed by atoms with van der Waals surface area (Å²) in [7, 11) is 13.5. The molecule has 144 heavy (non-hydrogen) atoms. The van der Waals surface area contributed by atoms with E-state index in [1.165, 1.54) is 137 Å². The molecule has 33 heteroatoms. The van der Waals surface area contributed by atoms with Crippen LogP contribution in [0.4, 0.5) is 61.9 Å². The number of aliphatic hydroxyl groups excluding tert-OH is 2. The van der Waals surface area contributed by atoms with E-state index >= 15 is 0 Å². The molecule has 10 aromatic carbocycles. The minimum absolute atomic E-state index is 0.00293. The highest BCUT2D eigenvalue weighted by atomic mass is 19.1. The van der Waals surface area contributed by atoms with Crippen LogP contribution in [-0.4, -0.2) is 159 Å². The Kier molecular flexibility index (Phi) is 38.7. The van der Waals surface area contributed by atoms with Crippen molar-refractivity contribution in [3.05, 3.63) is 389 Å². The monoisotopic (exact) mass is 1940 g/mol. The molecular formula is C111H101FN10O22. The first kappa shape index (κ1) is 105. The van der Waals surface area contributed by atoms with Crippen LogP contribution in [0.5, 0.6) is 86.2 Å². The number of aromatic hydroxyl groups is 6. The van der Waals surface area contributed by atoms with Gasteiger partial charge in [0.15, 0.2) is 97.9 Å².